The van der Waals surface area contributed by atoms with E-state index < -0.39 is 11.4 Å². The number of halogens is 2. The van der Waals surface area contributed by atoms with E-state index in [9.17, 15) is 9.50 Å². The summed E-state index contributed by atoms with van der Waals surface area (Å²) in [5.41, 5.74) is 1.88. The molecule has 0 saturated heterocycles. The minimum Gasteiger partial charge on any atom is -0.494 e. The normalized spacial score (nSPS) is 13.0. The average molecular weight is 522 g/mol. The number of anilines is 1. The van der Waals surface area contributed by atoms with E-state index in [1.165, 1.54) is 19.5 Å². The molecule has 2 N–H and O–H groups in total. The van der Waals surface area contributed by atoms with Crippen LogP contribution in [-0.4, -0.2) is 41.7 Å². The van der Waals surface area contributed by atoms with E-state index in [2.05, 4.69) is 25.5 Å². The lowest BCUT2D eigenvalue weighted by atomic mass is 9.92. The highest BCUT2D eigenvalue weighted by Gasteiger charge is 2.28. The van der Waals surface area contributed by atoms with Crippen molar-refractivity contribution in [3.8, 4) is 5.75 Å². The fourth-order valence-electron chi connectivity index (χ4n) is 4.12. The summed E-state index contributed by atoms with van der Waals surface area (Å²) in [5, 5.41) is 24.0. The van der Waals surface area contributed by atoms with E-state index in [0.29, 0.717) is 29.1 Å². The number of rotatable bonds is 8. The number of aryl methyl sites for hydroxylation is 1. The summed E-state index contributed by atoms with van der Waals surface area (Å²) in [6.45, 7) is 2.32. The van der Waals surface area contributed by atoms with Crippen LogP contribution in [-0.2, 0) is 25.7 Å². The van der Waals surface area contributed by atoms with Gasteiger partial charge in [-0.2, -0.15) is 10.2 Å². The summed E-state index contributed by atoms with van der Waals surface area (Å²) in [4.78, 5) is 8.56. The molecule has 5 aromatic rings. The van der Waals surface area contributed by atoms with Crippen LogP contribution in [0.1, 0.15) is 29.3 Å². The van der Waals surface area contributed by atoms with Gasteiger partial charge in [0.15, 0.2) is 17.2 Å². The lowest BCUT2D eigenvalue weighted by Crippen LogP contribution is -2.23. The van der Waals surface area contributed by atoms with Crippen molar-refractivity contribution < 1.29 is 14.2 Å². The molecule has 0 bridgehead atoms. The number of ether oxygens (including phenoxy) is 1. The first kappa shape index (κ1) is 24.7. The van der Waals surface area contributed by atoms with Gasteiger partial charge in [0.1, 0.15) is 17.7 Å². The highest BCUT2D eigenvalue weighted by Crippen LogP contribution is 2.30. The Balaban J connectivity index is 1.34. The number of benzene rings is 2. The molecule has 1 atom stereocenters. The van der Waals surface area contributed by atoms with Crippen molar-refractivity contribution in [2.24, 2.45) is 7.05 Å². The summed E-state index contributed by atoms with van der Waals surface area (Å²) in [7, 11) is 3.22. The number of fused-ring (bicyclic) bond motifs is 1. The van der Waals surface area contributed by atoms with Crippen LogP contribution in [0, 0.1) is 5.82 Å². The third kappa shape index (κ3) is 4.85. The summed E-state index contributed by atoms with van der Waals surface area (Å²) >= 11 is 6.21. The first-order valence-corrected chi connectivity index (χ1v) is 11.9. The van der Waals surface area contributed by atoms with Crippen LogP contribution in [0.3, 0.4) is 0 Å². The molecule has 0 spiro atoms. The van der Waals surface area contributed by atoms with Gasteiger partial charge in [-0.3, -0.25) is 9.36 Å². The van der Waals surface area contributed by atoms with Gasteiger partial charge < -0.3 is 15.2 Å². The van der Waals surface area contributed by atoms with Crippen molar-refractivity contribution in [2.75, 3.05) is 12.4 Å². The van der Waals surface area contributed by atoms with Crippen molar-refractivity contribution in [3.63, 3.8) is 0 Å². The molecule has 37 heavy (non-hydrogen) atoms. The summed E-state index contributed by atoms with van der Waals surface area (Å²) in [6, 6.07) is 12.5. The first-order valence-electron chi connectivity index (χ1n) is 11.5. The van der Waals surface area contributed by atoms with Crippen LogP contribution in [0.2, 0.25) is 5.02 Å². The van der Waals surface area contributed by atoms with E-state index in [0.717, 1.165) is 11.1 Å². The average Bonchev–Trinajstić information content (AvgIpc) is 3.51. The Labute approximate surface area is 217 Å². The van der Waals surface area contributed by atoms with Crippen molar-refractivity contribution in [1.29, 1.82) is 0 Å². The van der Waals surface area contributed by atoms with Gasteiger partial charge in [0.05, 0.1) is 24.7 Å². The topological polar surface area (TPSA) is 103 Å². The third-order valence-corrected chi connectivity index (χ3v) is 6.59. The first-order chi connectivity index (χ1) is 17.8. The van der Waals surface area contributed by atoms with Crippen LogP contribution < -0.4 is 10.1 Å². The molecule has 0 fully saturated rings. The summed E-state index contributed by atoms with van der Waals surface area (Å²) in [5.74, 6) is 0.111. The van der Waals surface area contributed by atoms with Gasteiger partial charge in [-0.05, 0) is 36.2 Å². The molecule has 3 heterocycles. The molecular weight excluding hydrogens is 497 g/mol. The molecule has 0 aliphatic carbocycles. The van der Waals surface area contributed by atoms with Crippen LogP contribution in [0.5, 0.6) is 5.75 Å². The number of nitrogens with zero attached hydrogens (tertiary/aromatic N) is 6. The Morgan fingerprint density at radius 3 is 2.59 bits per heavy atom. The van der Waals surface area contributed by atoms with Crippen LogP contribution in [0.4, 0.5) is 10.2 Å². The van der Waals surface area contributed by atoms with E-state index >= 15 is 0 Å². The predicted octanol–water partition coefficient (Wildman–Crippen LogP) is 4.28. The second-order valence-electron chi connectivity index (χ2n) is 8.83. The van der Waals surface area contributed by atoms with E-state index in [1.807, 2.05) is 37.5 Å². The molecule has 0 radical (unpaired) electrons. The largest absolute Gasteiger partial charge is 0.494 e. The maximum absolute atomic E-state index is 14.7. The Hall–Kier alpha value is -4.02. The maximum atomic E-state index is 14.7. The standard InChI is InChI=1S/C26H25ClFN7O2/c1-26(36,22-10-11-34(2)32-22)17-6-4-16(5-7-17)13-35-14-19-24(30-15-31-25(19)33-35)29-12-18-20(27)8-9-21(37-3)23(18)28/h4-11,14-15,36H,12-13H2,1-3H3,(H,29,30,31,33). The SMILES string of the molecule is COc1ccc(Cl)c(CNc2ncnc3nn(Cc4ccc(C(C)(O)c5ccn(C)n5)cc4)cc23)c1F. The molecule has 9 nitrogen and oxygen atoms in total. The van der Waals surface area contributed by atoms with E-state index in [4.69, 9.17) is 16.3 Å². The maximum Gasteiger partial charge on any atom is 0.186 e. The zero-order valence-corrected chi connectivity index (χ0v) is 21.2. The predicted molar refractivity (Wildman–Crippen MR) is 138 cm³/mol. The van der Waals surface area contributed by atoms with Crippen molar-refractivity contribution in [1.82, 2.24) is 29.5 Å². The number of hydrogen-bond acceptors (Lipinski definition) is 7. The van der Waals surface area contributed by atoms with Gasteiger partial charge in [0.25, 0.3) is 0 Å². The second kappa shape index (κ2) is 9.79. The van der Waals surface area contributed by atoms with Crippen molar-refractivity contribution in [2.45, 2.75) is 25.6 Å². The second-order valence-corrected chi connectivity index (χ2v) is 9.23. The molecule has 0 aliphatic rings. The van der Waals surface area contributed by atoms with Gasteiger partial charge >= 0.3 is 0 Å². The Bertz CT molecular complexity index is 1560. The molecule has 190 valence electrons. The zero-order valence-electron chi connectivity index (χ0n) is 20.5. The van der Waals surface area contributed by atoms with Gasteiger partial charge in [-0.15, -0.1) is 0 Å². The molecule has 3 aromatic heterocycles. The molecule has 11 heteroatoms. The highest BCUT2D eigenvalue weighted by atomic mass is 35.5. The summed E-state index contributed by atoms with van der Waals surface area (Å²) < 4.78 is 23.2. The van der Waals surface area contributed by atoms with Crippen LogP contribution in [0.25, 0.3) is 11.0 Å². The van der Waals surface area contributed by atoms with Crippen LogP contribution in [0.15, 0.2) is 61.2 Å². The molecule has 0 saturated carbocycles. The van der Waals surface area contributed by atoms with Gasteiger partial charge in [-0.1, -0.05) is 35.9 Å². The molecule has 1 unspecified atom stereocenters. The Morgan fingerprint density at radius 2 is 1.89 bits per heavy atom. The number of methoxy groups -OCH3 is 1. The molecular formula is C26H25ClFN7O2. The van der Waals surface area contributed by atoms with Gasteiger partial charge in [-0.25, -0.2) is 14.4 Å². The van der Waals surface area contributed by atoms with Crippen LogP contribution >= 0.6 is 11.6 Å². The fraction of sp³-hybridized carbons (Fsp3) is 0.231. The molecule has 2 aromatic carbocycles. The number of nitrogens with one attached hydrogen (secondary N) is 1. The van der Waals surface area contributed by atoms with Gasteiger partial charge in [0, 0.05) is 36.6 Å². The highest BCUT2D eigenvalue weighted by molar-refractivity contribution is 6.31. The lowest BCUT2D eigenvalue weighted by Gasteiger charge is -2.22. The monoisotopic (exact) mass is 521 g/mol. The van der Waals surface area contributed by atoms with Crippen molar-refractivity contribution >= 4 is 28.5 Å². The fourth-order valence-corrected chi connectivity index (χ4v) is 4.33. The van der Waals surface area contributed by atoms with E-state index in [-0.39, 0.29) is 22.9 Å². The number of aromatic nitrogens is 6. The van der Waals surface area contributed by atoms with Crippen molar-refractivity contribution in [3.05, 3.63) is 94.4 Å². The molecule has 0 amide bonds. The number of aliphatic hydroxyl groups is 1. The van der Waals surface area contributed by atoms with E-state index in [1.54, 1.807) is 34.6 Å². The third-order valence-electron chi connectivity index (χ3n) is 6.24. The van der Waals surface area contributed by atoms with Gasteiger partial charge in [0.2, 0.25) is 0 Å². The number of hydrogen-bond donors (Lipinski definition) is 2. The minimum absolute atomic E-state index is 0.108. The minimum atomic E-state index is -1.21. The smallest absolute Gasteiger partial charge is 0.186 e. The zero-order chi connectivity index (χ0) is 26.2. The molecule has 0 aliphatic heterocycles. The summed E-state index contributed by atoms with van der Waals surface area (Å²) in [6.07, 6.45) is 5.04. The molecule has 5 rings (SSSR count). The Kier molecular flexibility index (Phi) is 6.53. The quantitative estimate of drug-likeness (QED) is 0.314. The Morgan fingerprint density at radius 1 is 1.11 bits per heavy atom. The lowest BCUT2D eigenvalue weighted by molar-refractivity contribution is 0.0967.